The van der Waals surface area contributed by atoms with Crippen LogP contribution in [-0.4, -0.2) is 13.1 Å². The number of nitrogens with zero attached hydrogens (tertiary/aromatic N) is 1. The molecular weight excluding hydrogens is 256 g/mol. The number of anilines is 1. The molecule has 21 heavy (non-hydrogen) atoms. The second-order valence-corrected chi connectivity index (χ2v) is 6.12. The molecule has 0 unspecified atom stereocenters. The first-order valence-electron chi connectivity index (χ1n) is 7.80. The van der Waals surface area contributed by atoms with Crippen LogP contribution in [0.1, 0.15) is 29.5 Å². The van der Waals surface area contributed by atoms with Crippen molar-refractivity contribution in [3.63, 3.8) is 0 Å². The maximum atomic E-state index is 3.62. The lowest BCUT2D eigenvalue weighted by Crippen LogP contribution is -2.20. The lowest BCUT2D eigenvalue weighted by Gasteiger charge is -2.21. The monoisotopic (exact) mass is 280 g/mol. The van der Waals surface area contributed by atoms with Gasteiger partial charge in [0.05, 0.1) is 0 Å². The highest BCUT2D eigenvalue weighted by atomic mass is 15.1. The molecule has 0 aromatic heterocycles. The van der Waals surface area contributed by atoms with Gasteiger partial charge < -0.3 is 10.2 Å². The smallest absolute Gasteiger partial charge is 0.0429 e. The predicted molar refractivity (Wildman–Crippen MR) is 89.6 cm³/mol. The van der Waals surface area contributed by atoms with Gasteiger partial charge in [0.2, 0.25) is 0 Å². The van der Waals surface area contributed by atoms with Crippen molar-refractivity contribution in [2.75, 3.05) is 11.9 Å². The molecule has 3 rings (SSSR count). The van der Waals surface area contributed by atoms with Crippen LogP contribution < -0.4 is 10.2 Å². The molecule has 2 nitrogen and oxygen atoms in total. The third-order valence-corrected chi connectivity index (χ3v) is 4.13. The summed E-state index contributed by atoms with van der Waals surface area (Å²) in [5, 5.41) is 3.62. The molecule has 0 heterocycles. The summed E-state index contributed by atoms with van der Waals surface area (Å²) in [4.78, 5) is 2.32. The number of benzene rings is 2. The third-order valence-electron chi connectivity index (χ3n) is 4.13. The Morgan fingerprint density at radius 1 is 1.05 bits per heavy atom. The molecule has 1 aliphatic rings. The molecule has 1 N–H and O–H groups in total. The van der Waals surface area contributed by atoms with Crippen LogP contribution in [0.25, 0.3) is 0 Å². The van der Waals surface area contributed by atoms with E-state index < -0.39 is 0 Å². The fraction of sp³-hybridized carbons (Fsp3) is 0.368. The van der Waals surface area contributed by atoms with Crippen molar-refractivity contribution in [2.45, 2.75) is 38.9 Å². The van der Waals surface area contributed by atoms with Gasteiger partial charge in [-0.1, -0.05) is 36.4 Å². The van der Waals surface area contributed by atoms with Crippen LogP contribution in [0.3, 0.4) is 0 Å². The van der Waals surface area contributed by atoms with Crippen molar-refractivity contribution in [3.05, 3.63) is 65.2 Å². The van der Waals surface area contributed by atoms with Gasteiger partial charge in [-0.2, -0.15) is 0 Å². The Morgan fingerprint density at radius 2 is 1.81 bits per heavy atom. The number of rotatable bonds is 6. The van der Waals surface area contributed by atoms with E-state index in [1.807, 2.05) is 0 Å². The lowest BCUT2D eigenvalue weighted by atomic mass is 10.1. The van der Waals surface area contributed by atoms with Crippen LogP contribution in [0.4, 0.5) is 5.69 Å². The topological polar surface area (TPSA) is 15.3 Å². The highest BCUT2D eigenvalue weighted by molar-refractivity contribution is 5.48. The van der Waals surface area contributed by atoms with Crippen molar-refractivity contribution in [1.82, 2.24) is 5.32 Å². The van der Waals surface area contributed by atoms with E-state index in [0.29, 0.717) is 0 Å². The minimum atomic E-state index is 0.757. The summed E-state index contributed by atoms with van der Waals surface area (Å²) in [6, 6.07) is 18.2. The molecule has 0 amide bonds. The first kappa shape index (κ1) is 14.2. The maximum absolute atomic E-state index is 3.62. The molecule has 2 aromatic carbocycles. The summed E-state index contributed by atoms with van der Waals surface area (Å²) in [5.41, 5.74) is 5.42. The molecule has 0 saturated heterocycles. The van der Waals surface area contributed by atoms with E-state index in [1.165, 1.54) is 35.2 Å². The van der Waals surface area contributed by atoms with E-state index >= 15 is 0 Å². The Hall–Kier alpha value is -1.80. The predicted octanol–water partition coefficient (Wildman–Crippen LogP) is 3.88. The van der Waals surface area contributed by atoms with Gasteiger partial charge >= 0.3 is 0 Å². The van der Waals surface area contributed by atoms with Crippen molar-refractivity contribution in [2.24, 2.45) is 0 Å². The first-order chi connectivity index (χ1) is 10.2. The van der Waals surface area contributed by atoms with Gasteiger partial charge in [-0.15, -0.1) is 0 Å². The Kier molecular flexibility index (Phi) is 4.26. The summed E-state index contributed by atoms with van der Waals surface area (Å²) in [6.07, 6.45) is 2.68. The van der Waals surface area contributed by atoms with E-state index in [0.717, 1.165) is 19.1 Å². The van der Waals surface area contributed by atoms with Crippen molar-refractivity contribution < 1.29 is 0 Å². The van der Waals surface area contributed by atoms with Crippen molar-refractivity contribution >= 4 is 5.69 Å². The summed E-state index contributed by atoms with van der Waals surface area (Å²) in [5.74, 6) is 0. The number of nitrogens with one attached hydrogen (secondary N) is 1. The second kappa shape index (κ2) is 6.31. The van der Waals surface area contributed by atoms with Crippen LogP contribution >= 0.6 is 0 Å². The van der Waals surface area contributed by atoms with Crippen LogP contribution in [-0.2, 0) is 13.1 Å². The molecule has 1 saturated carbocycles. The van der Waals surface area contributed by atoms with Crippen LogP contribution in [0.5, 0.6) is 0 Å². The molecule has 1 fully saturated rings. The molecule has 2 aromatic rings. The Labute approximate surface area is 127 Å². The molecule has 0 aliphatic heterocycles. The number of aryl methyl sites for hydroxylation is 1. The summed E-state index contributed by atoms with van der Waals surface area (Å²) < 4.78 is 0. The minimum Gasteiger partial charge on any atom is -0.370 e. The fourth-order valence-electron chi connectivity index (χ4n) is 2.64. The van der Waals surface area contributed by atoms with E-state index in [2.05, 4.69) is 72.7 Å². The van der Waals surface area contributed by atoms with Gasteiger partial charge in [-0.3, -0.25) is 0 Å². The Morgan fingerprint density at radius 3 is 2.52 bits per heavy atom. The average molecular weight is 280 g/mol. The minimum absolute atomic E-state index is 0.757. The van der Waals surface area contributed by atoms with Crippen LogP contribution in [0.15, 0.2) is 48.5 Å². The molecule has 0 radical (unpaired) electrons. The van der Waals surface area contributed by atoms with Gasteiger partial charge in [0.25, 0.3) is 0 Å². The molecule has 110 valence electrons. The lowest BCUT2D eigenvalue weighted by molar-refractivity contribution is 0.681. The molecular formula is C19H24N2. The number of hydrogen-bond donors (Lipinski definition) is 1. The Bertz CT molecular complexity index is 602. The molecule has 0 atom stereocenters. The van der Waals surface area contributed by atoms with E-state index in [1.54, 1.807) is 0 Å². The van der Waals surface area contributed by atoms with E-state index in [-0.39, 0.29) is 0 Å². The van der Waals surface area contributed by atoms with Gasteiger partial charge in [-0.25, -0.2) is 0 Å². The molecule has 2 heteroatoms. The molecule has 0 bridgehead atoms. The van der Waals surface area contributed by atoms with Crippen LogP contribution in [0, 0.1) is 6.92 Å². The SMILES string of the molecule is Cc1cccc(N(C)Cc2ccccc2CNC2CC2)c1. The summed E-state index contributed by atoms with van der Waals surface area (Å²) >= 11 is 0. The average Bonchev–Trinajstić information content (AvgIpc) is 3.30. The molecule has 1 aliphatic carbocycles. The highest BCUT2D eigenvalue weighted by Gasteiger charge is 2.20. The summed E-state index contributed by atoms with van der Waals surface area (Å²) in [7, 11) is 2.17. The van der Waals surface area contributed by atoms with Gasteiger partial charge in [-0.05, 0) is 48.6 Å². The largest absolute Gasteiger partial charge is 0.370 e. The van der Waals surface area contributed by atoms with E-state index in [4.69, 9.17) is 0 Å². The van der Waals surface area contributed by atoms with Gasteiger partial charge in [0, 0.05) is 31.9 Å². The fourth-order valence-corrected chi connectivity index (χ4v) is 2.64. The highest BCUT2D eigenvalue weighted by Crippen LogP contribution is 2.21. The van der Waals surface area contributed by atoms with Gasteiger partial charge in [0.15, 0.2) is 0 Å². The molecule has 0 spiro atoms. The van der Waals surface area contributed by atoms with E-state index in [9.17, 15) is 0 Å². The Balaban J connectivity index is 1.71. The zero-order valence-corrected chi connectivity index (χ0v) is 13.0. The summed E-state index contributed by atoms with van der Waals surface area (Å²) in [6.45, 7) is 4.08. The van der Waals surface area contributed by atoms with Crippen LogP contribution in [0.2, 0.25) is 0 Å². The second-order valence-electron chi connectivity index (χ2n) is 6.12. The van der Waals surface area contributed by atoms with Crippen molar-refractivity contribution in [1.29, 1.82) is 0 Å². The first-order valence-corrected chi connectivity index (χ1v) is 7.80. The number of hydrogen-bond acceptors (Lipinski definition) is 2. The standard InChI is InChI=1S/C19H24N2/c1-15-6-5-9-19(12-15)21(2)14-17-8-4-3-7-16(17)13-20-18-10-11-18/h3-9,12,18,20H,10-11,13-14H2,1-2H3. The zero-order chi connectivity index (χ0) is 14.7. The maximum Gasteiger partial charge on any atom is 0.0429 e. The normalized spacial score (nSPS) is 14.2. The quantitative estimate of drug-likeness (QED) is 0.863. The third kappa shape index (κ3) is 3.85. The zero-order valence-electron chi connectivity index (χ0n) is 13.0. The van der Waals surface area contributed by atoms with Crippen molar-refractivity contribution in [3.8, 4) is 0 Å². The van der Waals surface area contributed by atoms with Gasteiger partial charge in [0.1, 0.15) is 0 Å².